The van der Waals surface area contributed by atoms with Gasteiger partial charge in [-0.2, -0.15) is 0 Å². The summed E-state index contributed by atoms with van der Waals surface area (Å²) in [7, 11) is 0. The highest BCUT2D eigenvalue weighted by Crippen LogP contribution is 2.61. The van der Waals surface area contributed by atoms with E-state index in [1.54, 1.807) is 0 Å². The zero-order valence-electron chi connectivity index (χ0n) is 6.58. The molecule has 0 amide bonds. The third kappa shape index (κ3) is 0.651. The van der Waals surface area contributed by atoms with Crippen LogP contribution in [0, 0.1) is 11.8 Å². The lowest BCUT2D eigenvalue weighted by Crippen LogP contribution is -2.38. The maximum Gasteiger partial charge on any atom is 0.0707 e. The monoisotopic (exact) mass is 154 g/mol. The summed E-state index contributed by atoms with van der Waals surface area (Å²) in [5, 5.41) is 20.0. The van der Waals surface area contributed by atoms with Crippen LogP contribution in [0.4, 0.5) is 0 Å². The van der Waals surface area contributed by atoms with E-state index in [0.717, 1.165) is 19.3 Å². The van der Waals surface area contributed by atoms with Crippen LogP contribution in [-0.4, -0.2) is 21.4 Å². The summed E-state index contributed by atoms with van der Waals surface area (Å²) < 4.78 is 0. The average molecular weight is 154 g/mol. The van der Waals surface area contributed by atoms with Crippen LogP contribution < -0.4 is 0 Å². The number of hydrogen-bond donors (Lipinski definition) is 2. The summed E-state index contributed by atoms with van der Waals surface area (Å²) in [5.74, 6) is 1.05. The minimum atomic E-state index is -0.472. The first-order valence-corrected chi connectivity index (χ1v) is 4.54. The molecule has 4 bridgehead atoms. The highest BCUT2D eigenvalue weighted by molar-refractivity contribution is 5.14. The molecule has 4 aliphatic carbocycles. The largest absolute Gasteiger partial charge is 0.390 e. The predicted octanol–water partition coefficient (Wildman–Crippen LogP) is 0.672. The van der Waals surface area contributed by atoms with Crippen LogP contribution >= 0.6 is 0 Å². The van der Waals surface area contributed by atoms with Gasteiger partial charge in [-0.1, -0.05) is 0 Å². The standard InChI is InChI=1S/C9H14O2/c10-8-2-6-1-7(4-8)9(11,3-6)5-8/h6-7,10-11H,1-5H2. The molecule has 0 heterocycles. The lowest BCUT2D eigenvalue weighted by atomic mass is 9.78. The Morgan fingerprint density at radius 2 is 1.91 bits per heavy atom. The molecule has 4 aliphatic rings. The molecule has 4 atom stereocenters. The molecule has 2 nitrogen and oxygen atoms in total. The van der Waals surface area contributed by atoms with Gasteiger partial charge in [0.05, 0.1) is 11.2 Å². The van der Waals surface area contributed by atoms with Crippen molar-refractivity contribution in [1.82, 2.24) is 0 Å². The van der Waals surface area contributed by atoms with Crippen LogP contribution in [0.5, 0.6) is 0 Å². The van der Waals surface area contributed by atoms with E-state index in [0.29, 0.717) is 18.3 Å². The Kier molecular flexibility index (Phi) is 0.879. The molecule has 0 aromatic carbocycles. The molecule has 0 radical (unpaired) electrons. The topological polar surface area (TPSA) is 40.5 Å². The molecule has 4 unspecified atom stereocenters. The van der Waals surface area contributed by atoms with Gasteiger partial charge < -0.3 is 10.2 Å². The van der Waals surface area contributed by atoms with Crippen molar-refractivity contribution in [3.63, 3.8) is 0 Å². The van der Waals surface area contributed by atoms with Crippen LogP contribution in [0.15, 0.2) is 0 Å². The van der Waals surface area contributed by atoms with Gasteiger partial charge in [0.25, 0.3) is 0 Å². The van der Waals surface area contributed by atoms with Crippen molar-refractivity contribution in [2.45, 2.75) is 43.3 Å². The van der Waals surface area contributed by atoms with E-state index < -0.39 is 11.2 Å². The molecule has 2 heteroatoms. The lowest BCUT2D eigenvalue weighted by molar-refractivity contribution is -0.0529. The zero-order chi connectivity index (χ0) is 7.69. The minimum absolute atomic E-state index is 0.422. The van der Waals surface area contributed by atoms with Gasteiger partial charge in [-0.15, -0.1) is 0 Å². The molecule has 4 fully saturated rings. The summed E-state index contributed by atoms with van der Waals surface area (Å²) >= 11 is 0. The van der Waals surface area contributed by atoms with Gasteiger partial charge in [-0.25, -0.2) is 0 Å². The van der Waals surface area contributed by atoms with Gasteiger partial charge in [0, 0.05) is 6.42 Å². The Bertz CT molecular complexity index is 214. The summed E-state index contributed by atoms with van der Waals surface area (Å²) in [4.78, 5) is 0. The van der Waals surface area contributed by atoms with E-state index in [9.17, 15) is 10.2 Å². The van der Waals surface area contributed by atoms with E-state index in [4.69, 9.17) is 0 Å². The molecule has 0 aliphatic heterocycles. The molecule has 11 heavy (non-hydrogen) atoms. The summed E-state index contributed by atoms with van der Waals surface area (Å²) in [5.41, 5.74) is -0.932. The Balaban J connectivity index is 2.06. The quantitative estimate of drug-likeness (QED) is 0.538. The molecule has 0 aromatic rings. The molecular formula is C9H14O2. The highest BCUT2D eigenvalue weighted by Gasteiger charge is 2.62. The van der Waals surface area contributed by atoms with Gasteiger partial charge in [-0.05, 0) is 37.5 Å². The lowest BCUT2D eigenvalue weighted by Gasteiger charge is -2.34. The second kappa shape index (κ2) is 1.50. The predicted molar refractivity (Wildman–Crippen MR) is 40.0 cm³/mol. The fraction of sp³-hybridized carbons (Fsp3) is 1.00. The second-order valence-corrected chi connectivity index (χ2v) is 4.92. The summed E-state index contributed by atoms with van der Waals surface area (Å²) in [6.07, 6.45) is 4.59. The molecule has 0 saturated heterocycles. The first-order valence-electron chi connectivity index (χ1n) is 4.54. The number of hydrogen-bond acceptors (Lipinski definition) is 2. The van der Waals surface area contributed by atoms with Gasteiger partial charge in [0.2, 0.25) is 0 Å². The van der Waals surface area contributed by atoms with Gasteiger partial charge in [0.1, 0.15) is 0 Å². The Hall–Kier alpha value is -0.0800. The third-order valence-corrected chi connectivity index (χ3v) is 3.95. The Morgan fingerprint density at radius 1 is 1.09 bits per heavy atom. The first kappa shape index (κ1) is 6.44. The smallest absolute Gasteiger partial charge is 0.0707 e. The van der Waals surface area contributed by atoms with E-state index in [2.05, 4.69) is 0 Å². The van der Waals surface area contributed by atoms with E-state index in [1.165, 1.54) is 6.42 Å². The highest BCUT2D eigenvalue weighted by atomic mass is 16.3. The average Bonchev–Trinajstić information content (AvgIpc) is 2.09. The SMILES string of the molecule is OC12CC3CC(C1)C(O)(C3)C2. The van der Waals surface area contributed by atoms with Crippen molar-refractivity contribution in [3.05, 3.63) is 0 Å². The van der Waals surface area contributed by atoms with Gasteiger partial charge in [0.15, 0.2) is 0 Å². The van der Waals surface area contributed by atoms with E-state index >= 15 is 0 Å². The number of aliphatic hydroxyl groups is 2. The molecule has 0 aromatic heterocycles. The van der Waals surface area contributed by atoms with Crippen molar-refractivity contribution < 1.29 is 10.2 Å². The van der Waals surface area contributed by atoms with Crippen molar-refractivity contribution in [2.24, 2.45) is 11.8 Å². The maximum atomic E-state index is 10.0. The maximum absolute atomic E-state index is 10.0. The number of rotatable bonds is 0. The van der Waals surface area contributed by atoms with Crippen LogP contribution in [-0.2, 0) is 0 Å². The molecule has 2 N–H and O–H groups in total. The molecule has 0 spiro atoms. The zero-order valence-corrected chi connectivity index (χ0v) is 6.58. The van der Waals surface area contributed by atoms with Crippen molar-refractivity contribution >= 4 is 0 Å². The second-order valence-electron chi connectivity index (χ2n) is 4.92. The van der Waals surface area contributed by atoms with Crippen LogP contribution in [0.1, 0.15) is 32.1 Å². The normalized spacial score (nSPS) is 66.0. The van der Waals surface area contributed by atoms with E-state index in [1.807, 2.05) is 0 Å². The summed E-state index contributed by atoms with van der Waals surface area (Å²) in [6.45, 7) is 0. The van der Waals surface area contributed by atoms with Gasteiger partial charge in [-0.3, -0.25) is 0 Å². The minimum Gasteiger partial charge on any atom is -0.390 e. The fourth-order valence-corrected chi connectivity index (χ4v) is 3.81. The molecule has 62 valence electrons. The third-order valence-electron chi connectivity index (χ3n) is 3.95. The Labute approximate surface area is 66.2 Å². The Morgan fingerprint density at radius 3 is 2.45 bits per heavy atom. The molecule has 4 saturated carbocycles. The fourth-order valence-electron chi connectivity index (χ4n) is 3.81. The first-order chi connectivity index (χ1) is 5.10. The van der Waals surface area contributed by atoms with Crippen LogP contribution in [0.25, 0.3) is 0 Å². The van der Waals surface area contributed by atoms with Crippen LogP contribution in [0.2, 0.25) is 0 Å². The summed E-state index contributed by atoms with van der Waals surface area (Å²) in [6, 6.07) is 0. The van der Waals surface area contributed by atoms with Gasteiger partial charge >= 0.3 is 0 Å². The van der Waals surface area contributed by atoms with E-state index in [-0.39, 0.29) is 0 Å². The molecule has 4 rings (SSSR count). The molecular weight excluding hydrogens is 140 g/mol. The van der Waals surface area contributed by atoms with Crippen LogP contribution in [0.3, 0.4) is 0 Å². The van der Waals surface area contributed by atoms with Crippen molar-refractivity contribution in [3.8, 4) is 0 Å². The van der Waals surface area contributed by atoms with Crippen molar-refractivity contribution in [2.75, 3.05) is 0 Å². The van der Waals surface area contributed by atoms with Crippen molar-refractivity contribution in [1.29, 1.82) is 0 Å².